The molecule has 4 rings (SSSR count). The smallest absolute Gasteiger partial charge is 0.227 e. The molecule has 0 spiro atoms. The van der Waals surface area contributed by atoms with Gasteiger partial charge in [0.05, 0.1) is 12.1 Å². The maximum atomic E-state index is 11.1. The molecule has 1 aliphatic carbocycles. The molecule has 1 saturated carbocycles. The summed E-state index contributed by atoms with van der Waals surface area (Å²) in [5.74, 6) is 9.06. The van der Waals surface area contributed by atoms with E-state index in [1.165, 1.54) is 25.7 Å². The fourth-order valence-corrected chi connectivity index (χ4v) is 5.39. The molecule has 1 atom stereocenters. The summed E-state index contributed by atoms with van der Waals surface area (Å²) in [6, 6.07) is 5.81. The van der Waals surface area contributed by atoms with Crippen LogP contribution in [0.1, 0.15) is 51.4 Å². The predicted octanol–water partition coefficient (Wildman–Crippen LogP) is 3.51. The third-order valence-corrected chi connectivity index (χ3v) is 7.48. The van der Waals surface area contributed by atoms with E-state index in [0.717, 1.165) is 56.7 Å². The van der Waals surface area contributed by atoms with Gasteiger partial charge in [-0.15, -0.1) is 0 Å². The van der Waals surface area contributed by atoms with Crippen LogP contribution in [0.4, 0.5) is 5.69 Å². The van der Waals surface area contributed by atoms with Crippen molar-refractivity contribution in [1.82, 2.24) is 14.8 Å². The third kappa shape index (κ3) is 5.64. The maximum absolute atomic E-state index is 11.1. The second-order valence-electron chi connectivity index (χ2n) is 9.38. The molecule has 10 heteroatoms. The molecule has 1 saturated heterocycles. The van der Waals surface area contributed by atoms with Crippen LogP contribution >= 0.6 is 11.6 Å². The van der Waals surface area contributed by atoms with Gasteiger partial charge >= 0.3 is 0 Å². The number of nitrogens with zero attached hydrogens (tertiary/aromatic N) is 5. The van der Waals surface area contributed by atoms with Crippen molar-refractivity contribution in [3.8, 4) is 5.75 Å². The van der Waals surface area contributed by atoms with Crippen LogP contribution in [0.25, 0.3) is 0 Å². The average Bonchev–Trinajstić information content (AvgIpc) is 3.14. The van der Waals surface area contributed by atoms with E-state index in [1.54, 1.807) is 12.1 Å². The number of rotatable bonds is 6. The number of nitrogens with one attached hydrogen (secondary N) is 1. The first kappa shape index (κ1) is 24.8. The summed E-state index contributed by atoms with van der Waals surface area (Å²) in [6.45, 7) is 1.50. The number of hydrogen-bond acceptors (Lipinski definition) is 8. The highest BCUT2D eigenvalue weighted by Crippen LogP contribution is 2.30. The number of guanidine groups is 1. The molecule has 1 aromatic rings. The number of hydrazine groups is 1. The van der Waals surface area contributed by atoms with E-state index >= 15 is 0 Å². The minimum Gasteiger partial charge on any atom is -0.495 e. The van der Waals surface area contributed by atoms with Gasteiger partial charge in [-0.25, -0.2) is 10.8 Å². The Bertz CT molecular complexity index is 909. The number of nitrogens with two attached hydrogens (primary N) is 1. The molecular formula is C24H36ClN7O2. The number of benzene rings is 1. The standard InChI is InChI=1S/C24H36ClN7O2/c1-30(19-11-13-31(16-33)14-12-19)24-29-23(27-18-9-10-21(34-2)20(25)15-18)28-22(32(24)26)17-7-5-3-4-6-8-17/h9-10,15-17,19,24H,3-8,11-14,26H2,1-2H3,(H,27,29). The number of aliphatic imine (C=N–C) groups is 2. The van der Waals surface area contributed by atoms with Gasteiger partial charge in [-0.1, -0.05) is 37.3 Å². The van der Waals surface area contributed by atoms with Gasteiger partial charge in [0.15, 0.2) is 6.29 Å². The van der Waals surface area contributed by atoms with E-state index < -0.39 is 0 Å². The van der Waals surface area contributed by atoms with Gasteiger partial charge in [0.1, 0.15) is 11.6 Å². The lowest BCUT2D eigenvalue weighted by molar-refractivity contribution is -0.119. The van der Waals surface area contributed by atoms with Crippen molar-refractivity contribution in [3.63, 3.8) is 0 Å². The van der Waals surface area contributed by atoms with Gasteiger partial charge in [-0.3, -0.25) is 14.7 Å². The number of halogens is 1. The van der Waals surface area contributed by atoms with Gasteiger partial charge in [-0.2, -0.15) is 4.99 Å². The maximum Gasteiger partial charge on any atom is 0.227 e. The minimum absolute atomic E-state index is 0.279. The Kier molecular flexibility index (Phi) is 8.28. The van der Waals surface area contributed by atoms with E-state index in [-0.39, 0.29) is 12.3 Å². The van der Waals surface area contributed by atoms with Crippen molar-refractivity contribution in [2.75, 3.05) is 32.6 Å². The predicted molar refractivity (Wildman–Crippen MR) is 136 cm³/mol. The molecule has 0 radical (unpaired) electrons. The number of amides is 1. The number of carbonyl (C=O) groups is 1. The zero-order valence-electron chi connectivity index (χ0n) is 20.1. The SMILES string of the molecule is COc1ccc(NC2=NC(N(C)C3CCN(C=O)CC3)N(N)C(C3CCCCCC3)=N2)cc1Cl. The topological polar surface area (TPSA) is 98.8 Å². The lowest BCUT2D eigenvalue weighted by atomic mass is 9.98. The highest BCUT2D eigenvalue weighted by molar-refractivity contribution is 6.32. The molecule has 1 aromatic carbocycles. The number of amidine groups is 1. The fourth-order valence-electron chi connectivity index (χ4n) is 5.13. The van der Waals surface area contributed by atoms with Gasteiger partial charge in [0.25, 0.3) is 0 Å². The Morgan fingerprint density at radius 3 is 2.50 bits per heavy atom. The Hall–Kier alpha value is -2.36. The van der Waals surface area contributed by atoms with Crippen LogP contribution in [0, 0.1) is 5.92 Å². The van der Waals surface area contributed by atoms with E-state index in [2.05, 4.69) is 17.3 Å². The number of piperidine rings is 1. The van der Waals surface area contributed by atoms with E-state index in [9.17, 15) is 4.79 Å². The van der Waals surface area contributed by atoms with E-state index in [0.29, 0.717) is 22.6 Å². The lowest BCUT2D eigenvalue weighted by Crippen LogP contribution is -2.60. The van der Waals surface area contributed by atoms with Crippen LogP contribution in [-0.2, 0) is 4.79 Å². The van der Waals surface area contributed by atoms with Crippen LogP contribution in [0.3, 0.4) is 0 Å². The highest BCUT2D eigenvalue weighted by atomic mass is 35.5. The Morgan fingerprint density at radius 1 is 1.18 bits per heavy atom. The van der Waals surface area contributed by atoms with E-state index in [4.69, 9.17) is 32.2 Å². The molecule has 34 heavy (non-hydrogen) atoms. The third-order valence-electron chi connectivity index (χ3n) is 7.19. The first-order valence-corrected chi connectivity index (χ1v) is 12.6. The summed E-state index contributed by atoms with van der Waals surface area (Å²) >= 11 is 6.34. The Balaban J connectivity index is 1.59. The molecule has 3 aliphatic rings. The Morgan fingerprint density at radius 2 is 1.88 bits per heavy atom. The molecule has 0 bridgehead atoms. The fraction of sp³-hybridized carbons (Fsp3) is 0.625. The Labute approximate surface area is 206 Å². The van der Waals surface area contributed by atoms with Crippen molar-refractivity contribution in [1.29, 1.82) is 0 Å². The van der Waals surface area contributed by atoms with E-state index in [1.807, 2.05) is 23.1 Å². The lowest BCUT2D eigenvalue weighted by Gasteiger charge is -2.43. The molecular weight excluding hydrogens is 454 g/mol. The molecule has 186 valence electrons. The summed E-state index contributed by atoms with van der Waals surface area (Å²) in [6.07, 6.45) is 9.41. The summed E-state index contributed by atoms with van der Waals surface area (Å²) in [5.41, 5.74) is 0.791. The van der Waals surface area contributed by atoms with Crippen LogP contribution in [-0.4, -0.2) is 72.6 Å². The quantitative estimate of drug-likeness (QED) is 0.360. The average molecular weight is 490 g/mol. The normalized spacial score (nSPS) is 22.8. The van der Waals surface area contributed by atoms with Crippen molar-refractivity contribution in [2.24, 2.45) is 21.7 Å². The number of hydrogen-bond donors (Lipinski definition) is 2. The molecule has 9 nitrogen and oxygen atoms in total. The summed E-state index contributed by atoms with van der Waals surface area (Å²) in [4.78, 5) is 25.0. The second kappa shape index (κ2) is 11.4. The van der Waals surface area contributed by atoms with Crippen molar-refractivity contribution in [2.45, 2.75) is 63.7 Å². The van der Waals surface area contributed by atoms with Crippen molar-refractivity contribution < 1.29 is 9.53 Å². The zero-order valence-corrected chi connectivity index (χ0v) is 20.9. The second-order valence-corrected chi connectivity index (χ2v) is 9.78. The molecule has 0 aromatic heterocycles. The van der Waals surface area contributed by atoms with Gasteiger partial charge < -0.3 is 15.0 Å². The largest absolute Gasteiger partial charge is 0.495 e. The summed E-state index contributed by atoms with van der Waals surface area (Å²) < 4.78 is 5.27. The molecule has 3 N–H and O–H groups in total. The number of anilines is 1. The number of ether oxygens (including phenoxy) is 1. The molecule has 2 fully saturated rings. The number of likely N-dealkylation sites (tertiary alicyclic amines) is 1. The summed E-state index contributed by atoms with van der Waals surface area (Å²) in [7, 11) is 3.66. The van der Waals surface area contributed by atoms with Crippen LogP contribution in [0.15, 0.2) is 28.2 Å². The van der Waals surface area contributed by atoms with Crippen molar-refractivity contribution in [3.05, 3.63) is 23.2 Å². The highest BCUT2D eigenvalue weighted by Gasteiger charge is 2.35. The molecule has 2 aliphatic heterocycles. The van der Waals surface area contributed by atoms with Crippen LogP contribution < -0.4 is 15.9 Å². The number of carbonyl (C=O) groups excluding carboxylic acids is 1. The van der Waals surface area contributed by atoms with Crippen LogP contribution in [0.5, 0.6) is 5.75 Å². The molecule has 1 amide bonds. The van der Waals surface area contributed by atoms with Gasteiger partial charge in [-0.05, 0) is 50.9 Å². The molecule has 1 unspecified atom stereocenters. The van der Waals surface area contributed by atoms with Crippen molar-refractivity contribution >= 4 is 35.5 Å². The first-order chi connectivity index (χ1) is 16.5. The van der Waals surface area contributed by atoms with Crippen LogP contribution in [0.2, 0.25) is 5.02 Å². The minimum atomic E-state index is -0.375. The zero-order chi connectivity index (χ0) is 24.1. The number of methoxy groups -OCH3 is 1. The summed E-state index contributed by atoms with van der Waals surface area (Å²) in [5, 5.41) is 5.62. The van der Waals surface area contributed by atoms with Gasteiger partial charge in [0.2, 0.25) is 12.4 Å². The molecule has 2 heterocycles. The monoisotopic (exact) mass is 489 g/mol. The first-order valence-electron chi connectivity index (χ1n) is 12.2. The van der Waals surface area contributed by atoms with Gasteiger partial charge in [0, 0.05) is 30.7 Å².